The summed E-state index contributed by atoms with van der Waals surface area (Å²) in [4.78, 5) is 0. The van der Waals surface area contributed by atoms with Gasteiger partial charge < -0.3 is 5.32 Å². The third kappa shape index (κ3) is 7.56. The van der Waals surface area contributed by atoms with Crippen LogP contribution in [-0.4, -0.2) is 25.1 Å². The smallest absolute Gasteiger partial charge is 0.00205 e. The van der Waals surface area contributed by atoms with E-state index in [0.29, 0.717) is 0 Å². The van der Waals surface area contributed by atoms with Crippen molar-refractivity contribution in [1.82, 2.24) is 5.32 Å². The van der Waals surface area contributed by atoms with Crippen molar-refractivity contribution >= 4 is 11.8 Å². The van der Waals surface area contributed by atoms with E-state index in [1.807, 2.05) is 11.8 Å². The van der Waals surface area contributed by atoms with Crippen molar-refractivity contribution in [2.75, 3.05) is 25.1 Å². The van der Waals surface area contributed by atoms with Gasteiger partial charge in [0.25, 0.3) is 0 Å². The van der Waals surface area contributed by atoms with Crippen molar-refractivity contribution < 1.29 is 0 Å². The molecule has 0 aromatic carbocycles. The van der Waals surface area contributed by atoms with Crippen molar-refractivity contribution in [3.63, 3.8) is 0 Å². The average Bonchev–Trinajstić information content (AvgIpc) is 2.34. The fraction of sp³-hybridized carbons (Fsp3) is 1.00. The molecule has 0 aliphatic heterocycles. The van der Waals surface area contributed by atoms with E-state index in [-0.39, 0.29) is 0 Å². The normalized spacial score (nSPS) is 17.8. The number of nitrogens with one attached hydrogen (secondary N) is 1. The van der Waals surface area contributed by atoms with Crippen LogP contribution in [0.25, 0.3) is 0 Å². The summed E-state index contributed by atoms with van der Waals surface area (Å²) in [6.07, 6.45) is 15.2. The van der Waals surface area contributed by atoms with Crippen LogP contribution in [0.3, 0.4) is 0 Å². The lowest BCUT2D eigenvalue weighted by Gasteiger charge is -2.21. The molecule has 0 aromatic rings. The molecule has 0 unspecified atom stereocenters. The fourth-order valence-corrected chi connectivity index (χ4v) is 3.04. The molecule has 1 nitrogen and oxygen atoms in total. The molecule has 0 bridgehead atoms. The zero-order chi connectivity index (χ0) is 11.5. The molecule has 2 heteroatoms. The summed E-state index contributed by atoms with van der Waals surface area (Å²) in [5.41, 5.74) is 0. The molecule has 0 atom stereocenters. The highest BCUT2D eigenvalue weighted by molar-refractivity contribution is 7.98. The first-order valence-corrected chi connectivity index (χ1v) is 8.52. The first kappa shape index (κ1) is 14.4. The van der Waals surface area contributed by atoms with Gasteiger partial charge in [0.15, 0.2) is 0 Å². The molecule has 16 heavy (non-hydrogen) atoms. The molecule has 1 N–H and O–H groups in total. The molecule has 0 heterocycles. The van der Waals surface area contributed by atoms with Gasteiger partial charge in [-0.1, -0.05) is 32.1 Å². The van der Waals surface area contributed by atoms with E-state index in [1.54, 1.807) is 0 Å². The van der Waals surface area contributed by atoms with Gasteiger partial charge in [-0.2, -0.15) is 11.8 Å². The summed E-state index contributed by atoms with van der Waals surface area (Å²) < 4.78 is 0. The minimum absolute atomic E-state index is 0.991. The predicted molar refractivity (Wildman–Crippen MR) is 76.3 cm³/mol. The van der Waals surface area contributed by atoms with E-state index in [1.165, 1.54) is 76.6 Å². The van der Waals surface area contributed by atoms with E-state index in [4.69, 9.17) is 0 Å². The highest BCUT2D eigenvalue weighted by atomic mass is 32.2. The van der Waals surface area contributed by atoms with Crippen molar-refractivity contribution in [1.29, 1.82) is 0 Å². The summed E-state index contributed by atoms with van der Waals surface area (Å²) >= 11 is 1.97. The Balaban J connectivity index is 1.77. The topological polar surface area (TPSA) is 12.0 Å². The van der Waals surface area contributed by atoms with Crippen LogP contribution in [0.2, 0.25) is 0 Å². The highest BCUT2D eigenvalue weighted by Crippen LogP contribution is 2.22. The Labute approximate surface area is 106 Å². The van der Waals surface area contributed by atoms with Gasteiger partial charge in [0, 0.05) is 0 Å². The van der Waals surface area contributed by atoms with Crippen molar-refractivity contribution in [3.8, 4) is 0 Å². The van der Waals surface area contributed by atoms with Gasteiger partial charge in [0.1, 0.15) is 0 Å². The van der Waals surface area contributed by atoms with Crippen molar-refractivity contribution in [3.05, 3.63) is 0 Å². The van der Waals surface area contributed by atoms with Crippen LogP contribution in [0.15, 0.2) is 0 Å². The second-order valence-electron chi connectivity index (χ2n) is 5.12. The molecule has 0 amide bonds. The predicted octanol–water partition coefficient (Wildman–Crippen LogP) is 4.08. The standard InChI is InChI=1S/C14H29NS/c1-16-12-8-3-2-7-11-15-13-14-9-5-4-6-10-14/h14-15H,2-13H2,1H3. The zero-order valence-corrected chi connectivity index (χ0v) is 11.8. The number of hydrogen-bond donors (Lipinski definition) is 1. The Kier molecular flexibility index (Phi) is 9.40. The maximum Gasteiger partial charge on any atom is -0.00205 e. The van der Waals surface area contributed by atoms with E-state index in [2.05, 4.69) is 11.6 Å². The SMILES string of the molecule is CSCCCCCCNCC1CCCCC1. The van der Waals surface area contributed by atoms with Gasteiger partial charge in [-0.25, -0.2) is 0 Å². The second kappa shape index (κ2) is 10.5. The summed E-state index contributed by atoms with van der Waals surface area (Å²) in [5.74, 6) is 2.33. The van der Waals surface area contributed by atoms with Gasteiger partial charge in [0.05, 0.1) is 0 Å². The monoisotopic (exact) mass is 243 g/mol. The van der Waals surface area contributed by atoms with Gasteiger partial charge in [-0.15, -0.1) is 0 Å². The molecule has 1 aliphatic rings. The largest absolute Gasteiger partial charge is 0.316 e. The third-order valence-corrected chi connectivity index (χ3v) is 4.31. The van der Waals surface area contributed by atoms with Crippen LogP contribution in [-0.2, 0) is 0 Å². The Hall–Kier alpha value is 0.310. The van der Waals surface area contributed by atoms with E-state index < -0.39 is 0 Å². The molecule has 1 rings (SSSR count). The van der Waals surface area contributed by atoms with Crippen LogP contribution in [0, 0.1) is 5.92 Å². The molecular formula is C14H29NS. The minimum atomic E-state index is 0.991. The first-order valence-electron chi connectivity index (χ1n) is 7.13. The average molecular weight is 243 g/mol. The van der Waals surface area contributed by atoms with Crippen LogP contribution in [0.4, 0.5) is 0 Å². The summed E-state index contributed by atoms with van der Waals surface area (Å²) in [5, 5.41) is 3.64. The molecule has 1 aliphatic carbocycles. The van der Waals surface area contributed by atoms with E-state index >= 15 is 0 Å². The molecule has 0 radical (unpaired) electrons. The zero-order valence-electron chi connectivity index (χ0n) is 11.0. The Morgan fingerprint density at radius 1 is 1.00 bits per heavy atom. The van der Waals surface area contributed by atoms with Gasteiger partial charge in [0.2, 0.25) is 0 Å². The molecule has 0 spiro atoms. The third-order valence-electron chi connectivity index (χ3n) is 3.61. The van der Waals surface area contributed by atoms with Crippen molar-refractivity contribution in [2.24, 2.45) is 5.92 Å². The molecule has 0 saturated heterocycles. The highest BCUT2D eigenvalue weighted by Gasteiger charge is 2.11. The Morgan fingerprint density at radius 2 is 1.75 bits per heavy atom. The summed E-state index contributed by atoms with van der Waals surface area (Å²) in [6, 6.07) is 0. The second-order valence-corrected chi connectivity index (χ2v) is 6.10. The number of hydrogen-bond acceptors (Lipinski definition) is 2. The Bertz CT molecular complexity index is 144. The molecule has 96 valence electrons. The maximum atomic E-state index is 3.64. The van der Waals surface area contributed by atoms with Gasteiger partial charge in [-0.3, -0.25) is 0 Å². The lowest BCUT2D eigenvalue weighted by Crippen LogP contribution is -2.25. The van der Waals surface area contributed by atoms with Crippen LogP contribution >= 0.6 is 11.8 Å². The lowest BCUT2D eigenvalue weighted by molar-refractivity contribution is 0.341. The number of thioether (sulfide) groups is 1. The van der Waals surface area contributed by atoms with Gasteiger partial charge in [-0.05, 0) is 56.7 Å². The molecule has 1 fully saturated rings. The van der Waals surface area contributed by atoms with E-state index in [0.717, 1.165) is 5.92 Å². The fourth-order valence-electron chi connectivity index (χ4n) is 2.55. The number of rotatable bonds is 9. The van der Waals surface area contributed by atoms with E-state index in [9.17, 15) is 0 Å². The first-order chi connectivity index (χ1) is 7.93. The molecule has 1 saturated carbocycles. The van der Waals surface area contributed by atoms with Crippen molar-refractivity contribution in [2.45, 2.75) is 57.8 Å². The lowest BCUT2D eigenvalue weighted by atomic mass is 9.89. The molecular weight excluding hydrogens is 214 g/mol. The van der Waals surface area contributed by atoms with Crippen LogP contribution in [0.1, 0.15) is 57.8 Å². The minimum Gasteiger partial charge on any atom is -0.316 e. The number of unbranched alkanes of at least 4 members (excludes halogenated alkanes) is 3. The summed E-state index contributed by atoms with van der Waals surface area (Å²) in [6.45, 7) is 2.53. The quantitative estimate of drug-likeness (QED) is 0.612. The van der Waals surface area contributed by atoms with Gasteiger partial charge >= 0.3 is 0 Å². The molecule has 0 aromatic heterocycles. The maximum absolute atomic E-state index is 3.64. The Morgan fingerprint density at radius 3 is 2.50 bits per heavy atom. The van der Waals surface area contributed by atoms with Crippen LogP contribution < -0.4 is 5.32 Å². The summed E-state index contributed by atoms with van der Waals surface area (Å²) in [7, 11) is 0. The van der Waals surface area contributed by atoms with Crippen LogP contribution in [0.5, 0.6) is 0 Å².